The van der Waals surface area contributed by atoms with E-state index in [4.69, 9.17) is 10.5 Å². The lowest BCUT2D eigenvalue weighted by Gasteiger charge is -2.12. The Morgan fingerprint density at radius 1 is 1.05 bits per heavy atom. The summed E-state index contributed by atoms with van der Waals surface area (Å²) in [6, 6.07) is 17.9. The van der Waals surface area contributed by atoms with Gasteiger partial charge in [0.05, 0.1) is 19.0 Å². The zero-order chi connectivity index (χ0) is 14.7. The van der Waals surface area contributed by atoms with E-state index in [9.17, 15) is 0 Å². The van der Waals surface area contributed by atoms with Crippen LogP contribution in [-0.2, 0) is 6.54 Å². The van der Waals surface area contributed by atoms with Gasteiger partial charge in [-0.1, -0.05) is 42.5 Å². The van der Waals surface area contributed by atoms with Crippen molar-refractivity contribution in [1.82, 2.24) is 9.78 Å². The van der Waals surface area contributed by atoms with E-state index < -0.39 is 0 Å². The van der Waals surface area contributed by atoms with Crippen LogP contribution >= 0.6 is 0 Å². The van der Waals surface area contributed by atoms with Gasteiger partial charge < -0.3 is 10.5 Å². The third kappa shape index (κ3) is 2.41. The van der Waals surface area contributed by atoms with Crippen LogP contribution < -0.4 is 10.5 Å². The molecule has 2 aromatic carbocycles. The predicted molar refractivity (Wildman–Crippen MR) is 83.4 cm³/mol. The molecule has 0 saturated carbocycles. The maximum absolute atomic E-state index is 5.87. The van der Waals surface area contributed by atoms with Crippen molar-refractivity contribution in [2.45, 2.75) is 6.54 Å². The highest BCUT2D eigenvalue weighted by molar-refractivity contribution is 5.67. The van der Waals surface area contributed by atoms with Gasteiger partial charge in [0.25, 0.3) is 0 Å². The van der Waals surface area contributed by atoms with Crippen LogP contribution in [0.1, 0.15) is 5.56 Å². The second-order valence-corrected chi connectivity index (χ2v) is 4.67. The first-order chi connectivity index (χ1) is 10.3. The molecule has 3 aromatic rings. The van der Waals surface area contributed by atoms with Gasteiger partial charge in [0.1, 0.15) is 11.4 Å². The van der Waals surface area contributed by atoms with Crippen molar-refractivity contribution in [2.24, 2.45) is 5.73 Å². The molecular weight excluding hydrogens is 262 g/mol. The molecule has 0 aliphatic heterocycles. The average molecular weight is 279 g/mol. The van der Waals surface area contributed by atoms with Gasteiger partial charge in [-0.15, -0.1) is 0 Å². The SMILES string of the molecule is COc1ccccc1-n1ncc(CN)c1-c1ccccc1. The maximum atomic E-state index is 5.87. The number of nitrogens with two attached hydrogens (primary N) is 1. The fourth-order valence-corrected chi connectivity index (χ4v) is 2.42. The van der Waals surface area contributed by atoms with Gasteiger partial charge in [0.15, 0.2) is 0 Å². The molecule has 1 aromatic heterocycles. The zero-order valence-electron chi connectivity index (χ0n) is 11.9. The van der Waals surface area contributed by atoms with Crippen LogP contribution in [0.25, 0.3) is 16.9 Å². The number of rotatable bonds is 4. The Kier molecular flexibility index (Phi) is 3.71. The summed E-state index contributed by atoms with van der Waals surface area (Å²) in [5, 5.41) is 4.50. The first kappa shape index (κ1) is 13.4. The molecule has 0 fully saturated rings. The van der Waals surface area contributed by atoms with Crippen molar-refractivity contribution in [2.75, 3.05) is 7.11 Å². The molecule has 0 aliphatic carbocycles. The highest BCUT2D eigenvalue weighted by Gasteiger charge is 2.15. The number of nitrogens with zero attached hydrogens (tertiary/aromatic N) is 2. The minimum absolute atomic E-state index is 0.444. The number of benzene rings is 2. The highest BCUT2D eigenvalue weighted by atomic mass is 16.5. The number of hydrogen-bond donors (Lipinski definition) is 1. The molecule has 106 valence electrons. The molecule has 0 spiro atoms. The van der Waals surface area contributed by atoms with Gasteiger partial charge in [0.2, 0.25) is 0 Å². The smallest absolute Gasteiger partial charge is 0.144 e. The molecule has 2 N–H and O–H groups in total. The first-order valence-corrected chi connectivity index (χ1v) is 6.81. The van der Waals surface area contributed by atoms with Gasteiger partial charge >= 0.3 is 0 Å². The van der Waals surface area contributed by atoms with Gasteiger partial charge in [-0.2, -0.15) is 5.10 Å². The Labute approximate surface area is 123 Å². The molecule has 0 radical (unpaired) electrons. The summed E-state index contributed by atoms with van der Waals surface area (Å²) in [5.74, 6) is 0.779. The number of ether oxygens (including phenoxy) is 1. The molecule has 0 bridgehead atoms. The molecule has 0 saturated heterocycles. The van der Waals surface area contributed by atoms with E-state index in [1.54, 1.807) is 7.11 Å². The summed E-state index contributed by atoms with van der Waals surface area (Å²) in [6.45, 7) is 0.444. The summed E-state index contributed by atoms with van der Waals surface area (Å²) >= 11 is 0. The quantitative estimate of drug-likeness (QED) is 0.798. The van der Waals surface area contributed by atoms with Crippen molar-refractivity contribution in [3.05, 3.63) is 66.4 Å². The number of para-hydroxylation sites is 2. The molecule has 3 rings (SSSR count). The fourth-order valence-electron chi connectivity index (χ4n) is 2.42. The van der Waals surface area contributed by atoms with Crippen molar-refractivity contribution >= 4 is 0 Å². The third-order valence-corrected chi connectivity index (χ3v) is 3.43. The van der Waals surface area contributed by atoms with Crippen LogP contribution in [-0.4, -0.2) is 16.9 Å². The normalized spacial score (nSPS) is 10.6. The largest absolute Gasteiger partial charge is 0.494 e. The Bertz CT molecular complexity index is 735. The van der Waals surface area contributed by atoms with Crippen LogP contribution in [0.4, 0.5) is 0 Å². The van der Waals surface area contributed by atoms with Crippen LogP contribution in [0, 0.1) is 0 Å². The molecule has 0 unspecified atom stereocenters. The minimum atomic E-state index is 0.444. The molecule has 0 amide bonds. The van der Waals surface area contributed by atoms with Gasteiger partial charge in [-0.05, 0) is 12.1 Å². The lowest BCUT2D eigenvalue weighted by molar-refractivity contribution is 0.412. The van der Waals surface area contributed by atoms with E-state index in [1.807, 2.05) is 53.3 Å². The van der Waals surface area contributed by atoms with E-state index in [0.29, 0.717) is 6.54 Å². The monoisotopic (exact) mass is 279 g/mol. The second-order valence-electron chi connectivity index (χ2n) is 4.67. The molecule has 21 heavy (non-hydrogen) atoms. The summed E-state index contributed by atoms with van der Waals surface area (Å²) in [7, 11) is 1.66. The molecular formula is C17H17N3O. The molecule has 4 nitrogen and oxygen atoms in total. The van der Waals surface area contributed by atoms with E-state index in [1.165, 1.54) is 0 Å². The molecule has 4 heteroatoms. The maximum Gasteiger partial charge on any atom is 0.144 e. The lowest BCUT2D eigenvalue weighted by Crippen LogP contribution is -2.04. The van der Waals surface area contributed by atoms with Crippen molar-refractivity contribution in [3.63, 3.8) is 0 Å². The van der Waals surface area contributed by atoms with Crippen LogP contribution in [0.15, 0.2) is 60.8 Å². The fraction of sp³-hybridized carbons (Fsp3) is 0.118. The summed E-state index contributed by atoms with van der Waals surface area (Å²) in [5.41, 5.74) is 9.86. The highest BCUT2D eigenvalue weighted by Crippen LogP contribution is 2.30. The molecule has 0 aliphatic rings. The second kappa shape index (κ2) is 5.81. The van der Waals surface area contributed by atoms with Crippen molar-refractivity contribution in [1.29, 1.82) is 0 Å². The minimum Gasteiger partial charge on any atom is -0.494 e. The van der Waals surface area contributed by atoms with E-state index in [0.717, 1.165) is 28.3 Å². The number of methoxy groups -OCH3 is 1. The standard InChI is InChI=1S/C17H17N3O/c1-21-16-10-6-5-9-15(16)20-17(14(11-18)12-19-20)13-7-3-2-4-8-13/h2-10,12H,11,18H2,1H3. The van der Waals surface area contributed by atoms with E-state index in [2.05, 4.69) is 17.2 Å². The van der Waals surface area contributed by atoms with Crippen LogP contribution in [0.3, 0.4) is 0 Å². The Balaban J connectivity index is 2.23. The topological polar surface area (TPSA) is 53.1 Å². The van der Waals surface area contributed by atoms with Gasteiger partial charge in [-0.3, -0.25) is 0 Å². The summed E-state index contributed by atoms with van der Waals surface area (Å²) < 4.78 is 7.33. The van der Waals surface area contributed by atoms with E-state index >= 15 is 0 Å². The lowest BCUT2D eigenvalue weighted by atomic mass is 10.1. The Hall–Kier alpha value is -2.59. The Morgan fingerprint density at radius 2 is 1.76 bits per heavy atom. The van der Waals surface area contributed by atoms with E-state index in [-0.39, 0.29) is 0 Å². The summed E-state index contributed by atoms with van der Waals surface area (Å²) in [6.07, 6.45) is 1.81. The number of hydrogen-bond acceptors (Lipinski definition) is 3. The Morgan fingerprint density at radius 3 is 2.48 bits per heavy atom. The van der Waals surface area contributed by atoms with Crippen LogP contribution in [0.5, 0.6) is 5.75 Å². The van der Waals surface area contributed by atoms with Crippen LogP contribution in [0.2, 0.25) is 0 Å². The third-order valence-electron chi connectivity index (χ3n) is 3.43. The van der Waals surface area contributed by atoms with Gasteiger partial charge in [0, 0.05) is 17.7 Å². The average Bonchev–Trinajstić information content (AvgIpc) is 2.99. The predicted octanol–water partition coefficient (Wildman–Crippen LogP) is 3.01. The van der Waals surface area contributed by atoms with Crippen molar-refractivity contribution < 1.29 is 4.74 Å². The first-order valence-electron chi connectivity index (χ1n) is 6.81. The molecule has 0 atom stereocenters. The van der Waals surface area contributed by atoms with Crippen molar-refractivity contribution in [3.8, 4) is 22.7 Å². The van der Waals surface area contributed by atoms with Gasteiger partial charge in [-0.25, -0.2) is 4.68 Å². The number of aromatic nitrogens is 2. The zero-order valence-corrected chi connectivity index (χ0v) is 11.9. The molecule has 1 heterocycles. The summed E-state index contributed by atoms with van der Waals surface area (Å²) in [4.78, 5) is 0.